The zero-order valence-corrected chi connectivity index (χ0v) is 12.0. The third-order valence-corrected chi connectivity index (χ3v) is 3.81. The van der Waals surface area contributed by atoms with Crippen LogP contribution in [-0.4, -0.2) is 22.6 Å². The van der Waals surface area contributed by atoms with E-state index in [-0.39, 0.29) is 0 Å². The highest BCUT2D eigenvalue weighted by molar-refractivity contribution is 9.10. The van der Waals surface area contributed by atoms with Crippen molar-refractivity contribution in [3.05, 3.63) is 28.2 Å². The topological polar surface area (TPSA) is 102 Å². The maximum Gasteiger partial charge on any atom is 0.329 e. The van der Waals surface area contributed by atoms with Gasteiger partial charge in [-0.15, -0.1) is 0 Å². The number of hydrogen-bond donors (Lipinski definition) is 3. The second-order valence-electron chi connectivity index (χ2n) is 4.62. The number of carboxylic acids is 1. The van der Waals surface area contributed by atoms with E-state index in [1.807, 2.05) is 6.07 Å². The maximum absolute atomic E-state index is 11.9. The summed E-state index contributed by atoms with van der Waals surface area (Å²) in [5.74, 6) is -1.03. The molecule has 0 atom stereocenters. The van der Waals surface area contributed by atoms with Gasteiger partial charge in [-0.2, -0.15) is 5.26 Å². The van der Waals surface area contributed by atoms with Gasteiger partial charge in [-0.1, -0.05) is 15.9 Å². The number of hydrogen-bond acceptors (Lipinski definition) is 3. The van der Waals surface area contributed by atoms with Gasteiger partial charge in [0.1, 0.15) is 11.6 Å². The van der Waals surface area contributed by atoms with E-state index in [1.165, 1.54) is 0 Å². The minimum Gasteiger partial charge on any atom is -0.480 e. The molecule has 0 spiro atoms. The fraction of sp³-hybridized carbons (Fsp3) is 0.308. The molecule has 0 saturated heterocycles. The monoisotopic (exact) mass is 337 g/mol. The summed E-state index contributed by atoms with van der Waals surface area (Å²) in [6.45, 7) is 0. The van der Waals surface area contributed by atoms with E-state index in [0.717, 1.165) is 10.9 Å². The number of carbonyl (C=O) groups is 2. The first-order valence-electron chi connectivity index (χ1n) is 5.99. The Morgan fingerprint density at radius 3 is 2.60 bits per heavy atom. The number of nitrogens with zero attached hydrogens (tertiary/aromatic N) is 1. The van der Waals surface area contributed by atoms with Crippen molar-refractivity contribution in [3.8, 4) is 6.07 Å². The van der Waals surface area contributed by atoms with E-state index in [2.05, 4.69) is 26.6 Å². The Morgan fingerprint density at radius 1 is 1.40 bits per heavy atom. The lowest BCUT2D eigenvalue weighted by Crippen LogP contribution is -2.60. The van der Waals surface area contributed by atoms with Gasteiger partial charge in [-0.25, -0.2) is 9.59 Å². The summed E-state index contributed by atoms with van der Waals surface area (Å²) < 4.78 is 0.723. The number of rotatable bonds is 3. The molecule has 6 nitrogen and oxygen atoms in total. The maximum atomic E-state index is 11.9. The molecule has 2 amide bonds. The summed E-state index contributed by atoms with van der Waals surface area (Å²) in [6.07, 6.45) is 1.61. The second kappa shape index (κ2) is 5.51. The molecular formula is C13H12BrN3O3. The molecule has 0 aliphatic heterocycles. The summed E-state index contributed by atoms with van der Waals surface area (Å²) in [6, 6.07) is 6.19. The quantitative estimate of drug-likeness (QED) is 0.788. The number of aliphatic carboxylic acids is 1. The zero-order valence-electron chi connectivity index (χ0n) is 10.4. The molecule has 1 aliphatic rings. The fourth-order valence-corrected chi connectivity index (χ4v) is 2.37. The van der Waals surface area contributed by atoms with E-state index in [9.17, 15) is 9.59 Å². The number of anilines is 1. The predicted octanol–water partition coefficient (Wildman–Crippen LogP) is 2.45. The van der Waals surface area contributed by atoms with Gasteiger partial charge in [0.15, 0.2) is 0 Å². The summed E-state index contributed by atoms with van der Waals surface area (Å²) in [5.41, 5.74) is -0.535. The smallest absolute Gasteiger partial charge is 0.329 e. The van der Waals surface area contributed by atoms with Crippen LogP contribution in [0.25, 0.3) is 0 Å². The van der Waals surface area contributed by atoms with Crippen molar-refractivity contribution in [3.63, 3.8) is 0 Å². The number of benzene rings is 1. The fourth-order valence-electron chi connectivity index (χ4n) is 2.01. The minimum absolute atomic E-state index is 0.299. The van der Waals surface area contributed by atoms with Crippen molar-refractivity contribution < 1.29 is 14.7 Å². The first-order valence-corrected chi connectivity index (χ1v) is 6.78. The number of urea groups is 1. The van der Waals surface area contributed by atoms with Gasteiger partial charge in [0, 0.05) is 4.47 Å². The van der Waals surface area contributed by atoms with Crippen LogP contribution in [0.5, 0.6) is 0 Å². The summed E-state index contributed by atoms with van der Waals surface area (Å²) >= 11 is 3.23. The Labute approximate surface area is 123 Å². The van der Waals surface area contributed by atoms with Crippen molar-refractivity contribution in [1.29, 1.82) is 5.26 Å². The standard InChI is InChI=1S/C13H12BrN3O3/c14-9-2-3-10(8(6-9)7-15)16-12(20)17-13(11(18)19)4-1-5-13/h2-3,6H,1,4-5H2,(H,18,19)(H2,16,17,20). The van der Waals surface area contributed by atoms with E-state index in [4.69, 9.17) is 10.4 Å². The predicted molar refractivity (Wildman–Crippen MR) is 75.2 cm³/mol. The van der Waals surface area contributed by atoms with Gasteiger partial charge >= 0.3 is 12.0 Å². The first kappa shape index (κ1) is 14.3. The van der Waals surface area contributed by atoms with Crippen molar-refractivity contribution in [2.75, 3.05) is 5.32 Å². The Bertz CT molecular complexity index is 605. The van der Waals surface area contributed by atoms with Gasteiger partial charge in [0.05, 0.1) is 11.3 Å². The van der Waals surface area contributed by atoms with Crippen molar-refractivity contribution in [1.82, 2.24) is 5.32 Å². The lowest BCUT2D eigenvalue weighted by Gasteiger charge is -2.38. The number of amides is 2. The normalized spacial score (nSPS) is 15.6. The first-order chi connectivity index (χ1) is 9.47. The molecule has 0 heterocycles. The number of halogens is 1. The molecular weight excluding hydrogens is 326 g/mol. The molecule has 1 aromatic carbocycles. The SMILES string of the molecule is N#Cc1cc(Br)ccc1NC(=O)NC1(C(=O)O)CCC1. The Balaban J connectivity index is 2.09. The van der Waals surface area contributed by atoms with Crippen LogP contribution in [0.2, 0.25) is 0 Å². The molecule has 7 heteroatoms. The summed E-state index contributed by atoms with van der Waals surface area (Å²) in [4.78, 5) is 23.0. The highest BCUT2D eigenvalue weighted by Gasteiger charge is 2.45. The van der Waals surface area contributed by atoms with Gasteiger partial charge < -0.3 is 15.7 Å². The molecule has 0 radical (unpaired) electrons. The molecule has 0 aromatic heterocycles. The van der Waals surface area contributed by atoms with Crippen LogP contribution in [0.3, 0.4) is 0 Å². The molecule has 20 heavy (non-hydrogen) atoms. The zero-order chi connectivity index (χ0) is 14.8. The lowest BCUT2D eigenvalue weighted by atomic mass is 9.77. The highest BCUT2D eigenvalue weighted by Crippen LogP contribution is 2.32. The minimum atomic E-state index is -1.17. The van der Waals surface area contributed by atoms with Crippen LogP contribution in [0.1, 0.15) is 24.8 Å². The summed E-state index contributed by atoms with van der Waals surface area (Å²) in [5, 5.41) is 23.1. The highest BCUT2D eigenvalue weighted by atomic mass is 79.9. The molecule has 0 unspecified atom stereocenters. The van der Waals surface area contributed by atoms with Crippen LogP contribution < -0.4 is 10.6 Å². The van der Waals surface area contributed by atoms with Crippen LogP contribution >= 0.6 is 15.9 Å². The molecule has 1 saturated carbocycles. The average Bonchev–Trinajstić information content (AvgIpc) is 2.35. The van der Waals surface area contributed by atoms with Gasteiger partial charge in [0.2, 0.25) is 0 Å². The van der Waals surface area contributed by atoms with Crippen LogP contribution in [0, 0.1) is 11.3 Å². The third-order valence-electron chi connectivity index (χ3n) is 3.32. The van der Waals surface area contributed by atoms with E-state index >= 15 is 0 Å². The number of nitrogens with one attached hydrogen (secondary N) is 2. The van der Waals surface area contributed by atoms with Gasteiger partial charge in [0.25, 0.3) is 0 Å². The molecule has 1 aliphatic carbocycles. The molecule has 1 aromatic rings. The number of carbonyl (C=O) groups excluding carboxylic acids is 1. The Morgan fingerprint density at radius 2 is 2.10 bits per heavy atom. The Hall–Kier alpha value is -2.07. The van der Waals surface area contributed by atoms with E-state index in [1.54, 1.807) is 18.2 Å². The molecule has 0 bridgehead atoms. The van der Waals surface area contributed by atoms with E-state index < -0.39 is 17.5 Å². The third kappa shape index (κ3) is 2.75. The second-order valence-corrected chi connectivity index (χ2v) is 5.54. The number of carboxylic acid groups (broad SMARTS) is 1. The number of nitriles is 1. The van der Waals surface area contributed by atoms with Crippen molar-refractivity contribution in [2.45, 2.75) is 24.8 Å². The molecule has 3 N–H and O–H groups in total. The molecule has 2 rings (SSSR count). The lowest BCUT2D eigenvalue weighted by molar-refractivity contribution is -0.148. The van der Waals surface area contributed by atoms with Crippen LogP contribution in [0.4, 0.5) is 10.5 Å². The largest absolute Gasteiger partial charge is 0.480 e. The molecule has 1 fully saturated rings. The Kier molecular flexibility index (Phi) is 3.95. The van der Waals surface area contributed by atoms with Crippen molar-refractivity contribution >= 4 is 33.6 Å². The van der Waals surface area contributed by atoms with Gasteiger partial charge in [-0.3, -0.25) is 0 Å². The molecule has 104 valence electrons. The van der Waals surface area contributed by atoms with Crippen molar-refractivity contribution in [2.24, 2.45) is 0 Å². The average molecular weight is 338 g/mol. The van der Waals surface area contributed by atoms with Crippen LogP contribution in [-0.2, 0) is 4.79 Å². The van der Waals surface area contributed by atoms with Crippen LogP contribution in [0.15, 0.2) is 22.7 Å². The summed E-state index contributed by atoms with van der Waals surface area (Å²) in [7, 11) is 0. The van der Waals surface area contributed by atoms with E-state index in [0.29, 0.717) is 24.1 Å². The van der Waals surface area contributed by atoms with Gasteiger partial charge in [-0.05, 0) is 37.5 Å².